The number of hydrogen-bond donors (Lipinski definition) is 0. The van der Waals surface area contributed by atoms with Crippen LogP contribution < -0.4 is 0 Å². The minimum absolute atomic E-state index is 0.178. The van der Waals surface area contributed by atoms with Crippen molar-refractivity contribution < 1.29 is 8.42 Å². The van der Waals surface area contributed by atoms with E-state index >= 15 is 0 Å². The number of nitrogens with zero attached hydrogens (tertiary/aromatic N) is 2. The smallest absolute Gasteiger partial charge is 0.207 e. The van der Waals surface area contributed by atoms with Gasteiger partial charge < -0.3 is 0 Å². The average molecular weight is 389 g/mol. The van der Waals surface area contributed by atoms with Crippen LogP contribution in [0.2, 0.25) is 0 Å². The topological polar surface area (TPSA) is 61.2 Å². The summed E-state index contributed by atoms with van der Waals surface area (Å²) in [6.45, 7) is 4.03. The number of rotatable bonds is 9. The minimum Gasteiger partial charge on any atom is -0.207 e. The normalized spacial score (nSPS) is 11.3. The van der Waals surface area contributed by atoms with E-state index in [0.29, 0.717) is 11.4 Å². The van der Waals surface area contributed by atoms with Gasteiger partial charge in [0.1, 0.15) is 0 Å². The van der Waals surface area contributed by atoms with Gasteiger partial charge in [0, 0.05) is 19.0 Å². The fraction of sp³-hybridized carbons (Fsp3) is 0.250. The van der Waals surface area contributed by atoms with Gasteiger partial charge in [0.2, 0.25) is 10.0 Å². The molecular weight excluding hydrogens is 368 g/mol. The summed E-state index contributed by atoms with van der Waals surface area (Å²) >= 11 is 5.70. The molecule has 6 heteroatoms. The van der Waals surface area contributed by atoms with Crippen molar-refractivity contribution >= 4 is 21.6 Å². The summed E-state index contributed by atoms with van der Waals surface area (Å²) in [6.07, 6.45) is 3.23. The largest absolute Gasteiger partial charge is 0.243 e. The van der Waals surface area contributed by atoms with E-state index in [4.69, 9.17) is 16.9 Å². The molecule has 0 aliphatic carbocycles. The van der Waals surface area contributed by atoms with Crippen LogP contribution in [0.25, 0.3) is 0 Å². The van der Waals surface area contributed by atoms with Crippen molar-refractivity contribution in [2.75, 3.05) is 12.4 Å². The van der Waals surface area contributed by atoms with Gasteiger partial charge in [0.15, 0.2) is 0 Å². The van der Waals surface area contributed by atoms with Gasteiger partial charge >= 0.3 is 0 Å². The molecule has 0 saturated carbocycles. The van der Waals surface area contributed by atoms with Crippen molar-refractivity contribution in [1.29, 1.82) is 5.26 Å². The third-order valence-corrected chi connectivity index (χ3v) is 6.00. The Labute approximate surface area is 160 Å². The number of halogens is 1. The lowest BCUT2D eigenvalue weighted by Crippen LogP contribution is -2.30. The molecule has 0 aliphatic rings. The molecule has 4 nitrogen and oxygen atoms in total. The van der Waals surface area contributed by atoms with Crippen molar-refractivity contribution in [1.82, 2.24) is 4.31 Å². The lowest BCUT2D eigenvalue weighted by atomic mass is 10.1. The van der Waals surface area contributed by atoms with Crippen molar-refractivity contribution in [3.8, 4) is 6.07 Å². The highest BCUT2D eigenvalue weighted by Gasteiger charge is 2.23. The Bertz CT molecular complexity index is 887. The molecule has 0 aromatic heterocycles. The molecule has 2 rings (SSSR count). The Balaban J connectivity index is 2.26. The first-order valence-corrected chi connectivity index (χ1v) is 10.2. The Morgan fingerprint density at radius 3 is 2.50 bits per heavy atom. The third kappa shape index (κ3) is 5.18. The Hall–Kier alpha value is -2.13. The van der Waals surface area contributed by atoms with Crippen LogP contribution in [0.15, 0.2) is 66.1 Å². The molecule has 0 bridgehead atoms. The van der Waals surface area contributed by atoms with Crippen LogP contribution in [0.4, 0.5) is 0 Å². The summed E-state index contributed by atoms with van der Waals surface area (Å²) < 4.78 is 27.3. The lowest BCUT2D eigenvalue weighted by Gasteiger charge is -2.21. The van der Waals surface area contributed by atoms with E-state index in [1.54, 1.807) is 36.4 Å². The van der Waals surface area contributed by atoms with Gasteiger partial charge in [-0.2, -0.15) is 9.57 Å². The van der Waals surface area contributed by atoms with Gasteiger partial charge in [-0.3, -0.25) is 0 Å². The minimum atomic E-state index is -3.67. The van der Waals surface area contributed by atoms with Crippen molar-refractivity contribution in [2.24, 2.45) is 0 Å². The molecule has 0 spiro atoms. The number of nitriles is 1. The SMILES string of the molecule is C=CCN(Cc1cccc(C#N)c1)S(=O)(=O)c1ccc(CCCCl)cc1. The van der Waals surface area contributed by atoms with Gasteiger partial charge in [-0.15, -0.1) is 18.2 Å². The van der Waals surface area contributed by atoms with Crippen molar-refractivity contribution in [2.45, 2.75) is 24.3 Å². The number of sulfonamides is 1. The number of aryl methyl sites for hydroxylation is 1. The van der Waals surface area contributed by atoms with E-state index in [0.717, 1.165) is 24.0 Å². The molecule has 0 heterocycles. The second-order valence-corrected chi connectivity index (χ2v) is 8.15. The van der Waals surface area contributed by atoms with Gasteiger partial charge in [-0.05, 0) is 48.2 Å². The lowest BCUT2D eigenvalue weighted by molar-refractivity contribution is 0.438. The zero-order valence-corrected chi connectivity index (χ0v) is 16.0. The second-order valence-electron chi connectivity index (χ2n) is 5.83. The molecule has 0 radical (unpaired) electrons. The van der Waals surface area contributed by atoms with Crippen LogP contribution in [0.5, 0.6) is 0 Å². The Kier molecular flexibility index (Phi) is 7.40. The summed E-state index contributed by atoms with van der Waals surface area (Å²) in [5.41, 5.74) is 2.32. The van der Waals surface area contributed by atoms with Crippen molar-refractivity contribution in [3.63, 3.8) is 0 Å². The van der Waals surface area contributed by atoms with E-state index in [2.05, 4.69) is 12.6 Å². The zero-order chi connectivity index (χ0) is 19.0. The van der Waals surface area contributed by atoms with Crippen LogP contribution >= 0.6 is 11.6 Å². The maximum Gasteiger partial charge on any atom is 0.243 e. The summed E-state index contributed by atoms with van der Waals surface area (Å²) in [5.74, 6) is 0.578. The summed E-state index contributed by atoms with van der Waals surface area (Å²) in [7, 11) is -3.67. The average Bonchev–Trinajstić information content (AvgIpc) is 2.66. The molecule has 2 aromatic rings. The van der Waals surface area contributed by atoms with Crippen LogP contribution in [-0.4, -0.2) is 25.1 Å². The highest BCUT2D eigenvalue weighted by molar-refractivity contribution is 7.89. The number of alkyl halides is 1. The molecule has 0 saturated heterocycles. The Morgan fingerprint density at radius 2 is 1.88 bits per heavy atom. The van der Waals surface area contributed by atoms with Crippen LogP contribution in [0, 0.1) is 11.3 Å². The fourth-order valence-electron chi connectivity index (χ4n) is 2.58. The van der Waals surface area contributed by atoms with Crippen LogP contribution in [0.1, 0.15) is 23.1 Å². The maximum atomic E-state index is 13.0. The summed E-state index contributed by atoms with van der Waals surface area (Å²) in [5, 5.41) is 9.02. The standard InChI is InChI=1S/C20H21ClN2O2S/c1-2-13-23(16-19-6-3-5-18(14-19)15-22)26(24,25)20-10-8-17(9-11-20)7-4-12-21/h2-3,5-6,8-11,14H,1,4,7,12-13,16H2. The van der Waals surface area contributed by atoms with E-state index in [9.17, 15) is 8.42 Å². The van der Waals surface area contributed by atoms with Gasteiger partial charge in [-0.1, -0.05) is 30.3 Å². The van der Waals surface area contributed by atoms with Crippen LogP contribution in [-0.2, 0) is 23.0 Å². The first-order chi connectivity index (χ1) is 12.5. The molecule has 0 aliphatic heterocycles. The predicted octanol–water partition coefficient (Wildman–Crippen LogP) is 4.11. The number of hydrogen-bond acceptors (Lipinski definition) is 3. The van der Waals surface area contributed by atoms with E-state index in [1.165, 1.54) is 4.31 Å². The van der Waals surface area contributed by atoms with Gasteiger partial charge in [0.05, 0.1) is 16.5 Å². The first-order valence-electron chi connectivity index (χ1n) is 8.26. The van der Waals surface area contributed by atoms with Crippen LogP contribution in [0.3, 0.4) is 0 Å². The van der Waals surface area contributed by atoms with E-state index in [-0.39, 0.29) is 18.0 Å². The number of benzene rings is 2. The molecule has 2 aromatic carbocycles. The molecule has 0 amide bonds. The molecule has 0 fully saturated rings. The molecule has 0 atom stereocenters. The Morgan fingerprint density at radius 1 is 1.15 bits per heavy atom. The van der Waals surface area contributed by atoms with Crippen molar-refractivity contribution in [3.05, 3.63) is 77.9 Å². The fourth-order valence-corrected chi connectivity index (χ4v) is 4.12. The summed E-state index contributed by atoms with van der Waals surface area (Å²) in [6, 6.07) is 15.9. The predicted molar refractivity (Wildman–Crippen MR) is 104 cm³/mol. The van der Waals surface area contributed by atoms with E-state index in [1.807, 2.05) is 18.2 Å². The van der Waals surface area contributed by atoms with Gasteiger partial charge in [-0.25, -0.2) is 8.42 Å². The quantitative estimate of drug-likeness (QED) is 0.479. The first kappa shape index (κ1) is 20.2. The molecular formula is C20H21ClN2O2S. The molecule has 136 valence electrons. The zero-order valence-electron chi connectivity index (χ0n) is 14.4. The molecule has 0 unspecified atom stereocenters. The van der Waals surface area contributed by atoms with E-state index < -0.39 is 10.0 Å². The summed E-state index contributed by atoms with van der Waals surface area (Å²) in [4.78, 5) is 0.241. The van der Waals surface area contributed by atoms with Gasteiger partial charge in [0.25, 0.3) is 0 Å². The molecule has 0 N–H and O–H groups in total. The maximum absolute atomic E-state index is 13.0. The highest BCUT2D eigenvalue weighted by atomic mass is 35.5. The third-order valence-electron chi connectivity index (χ3n) is 3.91. The molecule has 26 heavy (non-hydrogen) atoms. The second kappa shape index (κ2) is 9.54. The monoisotopic (exact) mass is 388 g/mol. The highest BCUT2D eigenvalue weighted by Crippen LogP contribution is 2.20.